The Morgan fingerprint density at radius 3 is 2.64 bits per heavy atom. The summed E-state index contributed by atoms with van der Waals surface area (Å²) in [5, 5.41) is 15.1. The largest absolute Gasteiger partial charge is 0.383 e. The van der Waals surface area contributed by atoms with Crippen LogP contribution in [-0.2, 0) is 21.6 Å². The zero-order valence-electron chi connectivity index (χ0n) is 13.2. The van der Waals surface area contributed by atoms with Crippen molar-refractivity contribution >= 4 is 17.5 Å². The molecular formula is C18H16F2N2O3. The molecule has 1 unspecified atom stereocenters. The molecule has 1 aliphatic carbocycles. The summed E-state index contributed by atoms with van der Waals surface area (Å²) in [4.78, 5) is 23.7. The fourth-order valence-electron chi connectivity index (χ4n) is 2.93. The van der Waals surface area contributed by atoms with Crippen LogP contribution >= 0.6 is 0 Å². The number of hydrogen-bond acceptors (Lipinski definition) is 3. The first-order valence-electron chi connectivity index (χ1n) is 7.74. The SMILES string of the molecule is O=C(NCC1(O)CCc2ccccc21)C(=O)Nc1ccc(F)cc1F. The van der Waals surface area contributed by atoms with E-state index in [0.29, 0.717) is 18.9 Å². The summed E-state index contributed by atoms with van der Waals surface area (Å²) in [6, 6.07) is 9.94. The number of carbonyl (C=O) groups is 2. The third kappa shape index (κ3) is 3.51. The summed E-state index contributed by atoms with van der Waals surface area (Å²) < 4.78 is 26.3. The van der Waals surface area contributed by atoms with E-state index in [2.05, 4.69) is 10.6 Å². The zero-order valence-corrected chi connectivity index (χ0v) is 13.2. The fraction of sp³-hybridized carbons (Fsp3) is 0.222. The van der Waals surface area contributed by atoms with E-state index >= 15 is 0 Å². The number of aryl methyl sites for hydroxylation is 1. The molecule has 0 radical (unpaired) electrons. The molecule has 0 aromatic heterocycles. The Hall–Kier alpha value is -2.80. The minimum Gasteiger partial charge on any atom is -0.383 e. The first-order valence-corrected chi connectivity index (χ1v) is 7.74. The highest BCUT2D eigenvalue weighted by Gasteiger charge is 2.37. The highest BCUT2D eigenvalue weighted by Crippen LogP contribution is 2.36. The van der Waals surface area contributed by atoms with E-state index in [-0.39, 0.29) is 12.2 Å². The normalized spacial score (nSPS) is 18.5. The van der Waals surface area contributed by atoms with Gasteiger partial charge in [0.25, 0.3) is 0 Å². The highest BCUT2D eigenvalue weighted by atomic mass is 19.1. The number of rotatable bonds is 3. The van der Waals surface area contributed by atoms with Gasteiger partial charge in [-0.25, -0.2) is 8.78 Å². The van der Waals surface area contributed by atoms with Crippen molar-refractivity contribution in [3.8, 4) is 0 Å². The van der Waals surface area contributed by atoms with Crippen LogP contribution in [0.4, 0.5) is 14.5 Å². The van der Waals surface area contributed by atoms with Gasteiger partial charge in [0.05, 0.1) is 12.2 Å². The molecule has 3 N–H and O–H groups in total. The van der Waals surface area contributed by atoms with E-state index < -0.39 is 29.0 Å². The van der Waals surface area contributed by atoms with Gasteiger partial charge in [-0.05, 0) is 36.1 Å². The van der Waals surface area contributed by atoms with Crippen LogP contribution in [0.25, 0.3) is 0 Å². The number of benzene rings is 2. The first-order chi connectivity index (χ1) is 11.9. The van der Waals surface area contributed by atoms with Crippen molar-refractivity contribution in [2.45, 2.75) is 18.4 Å². The summed E-state index contributed by atoms with van der Waals surface area (Å²) in [6.45, 7) is -0.137. The van der Waals surface area contributed by atoms with Crippen LogP contribution in [0.2, 0.25) is 0 Å². The number of amides is 2. The number of fused-ring (bicyclic) bond motifs is 1. The fourth-order valence-corrected chi connectivity index (χ4v) is 2.93. The third-order valence-electron chi connectivity index (χ3n) is 4.25. The second-order valence-corrected chi connectivity index (χ2v) is 5.95. The van der Waals surface area contributed by atoms with Crippen LogP contribution in [0.1, 0.15) is 17.5 Å². The van der Waals surface area contributed by atoms with E-state index in [9.17, 15) is 23.5 Å². The second kappa shape index (κ2) is 6.60. The van der Waals surface area contributed by atoms with Gasteiger partial charge >= 0.3 is 11.8 Å². The topological polar surface area (TPSA) is 78.4 Å². The second-order valence-electron chi connectivity index (χ2n) is 5.95. The van der Waals surface area contributed by atoms with Crippen LogP contribution in [0.3, 0.4) is 0 Å². The third-order valence-corrected chi connectivity index (χ3v) is 4.25. The van der Waals surface area contributed by atoms with Crippen LogP contribution in [0, 0.1) is 11.6 Å². The van der Waals surface area contributed by atoms with Gasteiger partial charge in [-0.2, -0.15) is 0 Å². The zero-order chi connectivity index (χ0) is 18.0. The molecule has 0 saturated heterocycles. The lowest BCUT2D eigenvalue weighted by Gasteiger charge is -2.24. The number of hydrogen-bond donors (Lipinski definition) is 3. The van der Waals surface area contributed by atoms with Crippen molar-refractivity contribution in [1.29, 1.82) is 0 Å². The lowest BCUT2D eigenvalue weighted by molar-refractivity contribution is -0.136. The Labute approximate surface area is 142 Å². The minimum atomic E-state index is -1.24. The Balaban J connectivity index is 1.62. The molecule has 1 atom stereocenters. The summed E-state index contributed by atoms with van der Waals surface area (Å²) in [7, 11) is 0. The van der Waals surface area contributed by atoms with Gasteiger partial charge in [0, 0.05) is 6.07 Å². The average molecular weight is 346 g/mol. The lowest BCUT2D eigenvalue weighted by atomic mass is 9.96. The van der Waals surface area contributed by atoms with Crippen LogP contribution in [-0.4, -0.2) is 23.5 Å². The van der Waals surface area contributed by atoms with E-state index in [1.807, 2.05) is 12.1 Å². The maximum absolute atomic E-state index is 13.5. The summed E-state index contributed by atoms with van der Waals surface area (Å²) >= 11 is 0. The van der Waals surface area contributed by atoms with Crippen LogP contribution in [0.5, 0.6) is 0 Å². The molecule has 2 aromatic rings. The molecule has 2 aromatic carbocycles. The van der Waals surface area contributed by atoms with Gasteiger partial charge in [-0.15, -0.1) is 0 Å². The molecule has 0 spiro atoms. The maximum Gasteiger partial charge on any atom is 0.313 e. The first kappa shape index (κ1) is 17.0. The molecule has 3 rings (SSSR count). The number of carbonyl (C=O) groups excluding carboxylic acids is 2. The minimum absolute atomic E-state index is 0.137. The molecule has 0 fully saturated rings. The summed E-state index contributed by atoms with van der Waals surface area (Å²) in [5.74, 6) is -3.88. The lowest BCUT2D eigenvalue weighted by Crippen LogP contribution is -2.43. The van der Waals surface area contributed by atoms with Crippen molar-refractivity contribution in [3.05, 3.63) is 65.2 Å². The number of halogens is 2. The molecule has 0 bridgehead atoms. The van der Waals surface area contributed by atoms with E-state index in [0.717, 1.165) is 23.3 Å². The molecule has 5 nitrogen and oxygen atoms in total. The predicted molar refractivity (Wildman–Crippen MR) is 86.7 cm³/mol. The molecule has 130 valence electrons. The molecule has 2 amide bonds. The quantitative estimate of drug-likeness (QED) is 0.742. The van der Waals surface area contributed by atoms with E-state index in [4.69, 9.17) is 0 Å². The predicted octanol–water partition coefficient (Wildman–Crippen LogP) is 1.85. The molecule has 0 saturated carbocycles. The van der Waals surface area contributed by atoms with Crippen molar-refractivity contribution in [3.63, 3.8) is 0 Å². The molecule has 0 heterocycles. The van der Waals surface area contributed by atoms with E-state index in [1.165, 1.54) is 0 Å². The summed E-state index contributed by atoms with van der Waals surface area (Å²) in [5.41, 5.74) is 0.178. The van der Waals surface area contributed by atoms with Crippen LogP contribution < -0.4 is 10.6 Å². The van der Waals surface area contributed by atoms with Crippen molar-refractivity contribution in [2.75, 3.05) is 11.9 Å². The maximum atomic E-state index is 13.5. The Bertz CT molecular complexity index is 841. The Kier molecular flexibility index (Phi) is 4.50. The van der Waals surface area contributed by atoms with Crippen molar-refractivity contribution in [1.82, 2.24) is 5.32 Å². The van der Waals surface area contributed by atoms with Crippen molar-refractivity contribution < 1.29 is 23.5 Å². The van der Waals surface area contributed by atoms with Gasteiger partial charge < -0.3 is 15.7 Å². The van der Waals surface area contributed by atoms with Gasteiger partial charge in [0.15, 0.2) is 0 Å². The number of anilines is 1. The number of nitrogens with one attached hydrogen (secondary N) is 2. The number of aliphatic hydroxyl groups is 1. The Morgan fingerprint density at radius 1 is 1.12 bits per heavy atom. The molecular weight excluding hydrogens is 330 g/mol. The molecule has 7 heteroatoms. The standard InChI is InChI=1S/C18H16F2N2O3/c19-12-5-6-15(14(20)9-12)22-17(24)16(23)21-10-18(25)8-7-11-3-1-2-4-13(11)18/h1-6,9,25H,7-8,10H2,(H,21,23)(H,22,24). The average Bonchev–Trinajstić information content (AvgIpc) is 2.93. The molecule has 25 heavy (non-hydrogen) atoms. The van der Waals surface area contributed by atoms with Crippen molar-refractivity contribution in [2.24, 2.45) is 0 Å². The van der Waals surface area contributed by atoms with Gasteiger partial charge in [0.2, 0.25) is 0 Å². The van der Waals surface area contributed by atoms with Gasteiger partial charge in [-0.1, -0.05) is 24.3 Å². The highest BCUT2D eigenvalue weighted by molar-refractivity contribution is 6.39. The molecule has 1 aliphatic rings. The van der Waals surface area contributed by atoms with Gasteiger partial charge in [0.1, 0.15) is 17.2 Å². The van der Waals surface area contributed by atoms with E-state index in [1.54, 1.807) is 12.1 Å². The smallest absolute Gasteiger partial charge is 0.313 e. The monoisotopic (exact) mass is 346 g/mol. The molecule has 0 aliphatic heterocycles. The van der Waals surface area contributed by atoms with Crippen LogP contribution in [0.15, 0.2) is 42.5 Å². The summed E-state index contributed by atoms with van der Waals surface area (Å²) in [6.07, 6.45) is 1.11. The van der Waals surface area contributed by atoms with Gasteiger partial charge in [-0.3, -0.25) is 9.59 Å². The Morgan fingerprint density at radius 2 is 1.88 bits per heavy atom.